The van der Waals surface area contributed by atoms with Crippen LogP contribution in [0.25, 0.3) is 10.9 Å². The summed E-state index contributed by atoms with van der Waals surface area (Å²) in [7, 11) is 0. The lowest BCUT2D eigenvalue weighted by Gasteiger charge is -2.07. The monoisotopic (exact) mass is 286 g/mol. The normalized spacial score (nSPS) is 11.6. The zero-order valence-electron chi connectivity index (χ0n) is 13.9. The maximum absolute atomic E-state index is 3.41. The summed E-state index contributed by atoms with van der Waals surface area (Å²) in [5.41, 5.74) is 2.91. The Morgan fingerprint density at radius 2 is 1.95 bits per heavy atom. The fraction of sp³-hybridized carbons (Fsp3) is 0.579. The van der Waals surface area contributed by atoms with Crippen LogP contribution in [0.5, 0.6) is 0 Å². The molecule has 0 saturated carbocycles. The second-order valence-corrected chi connectivity index (χ2v) is 6.36. The maximum Gasteiger partial charge on any atom is 0.0483 e. The minimum atomic E-state index is 0.798. The number of aromatic nitrogens is 1. The lowest BCUT2D eigenvalue weighted by molar-refractivity contribution is 0.517. The third-order valence-corrected chi connectivity index (χ3v) is 4.10. The Kier molecular flexibility index (Phi) is 6.31. The van der Waals surface area contributed by atoms with Gasteiger partial charge < -0.3 is 9.88 Å². The van der Waals surface area contributed by atoms with Crippen molar-refractivity contribution in [3.63, 3.8) is 0 Å². The van der Waals surface area contributed by atoms with Gasteiger partial charge in [0.25, 0.3) is 0 Å². The number of aryl methyl sites for hydroxylation is 2. The number of nitrogens with zero attached hydrogens (tertiary/aromatic N) is 1. The molecule has 0 spiro atoms. The fourth-order valence-corrected chi connectivity index (χ4v) is 2.96. The zero-order chi connectivity index (χ0) is 15.1. The molecule has 1 heterocycles. The van der Waals surface area contributed by atoms with E-state index in [1.165, 1.54) is 42.1 Å². The van der Waals surface area contributed by atoms with Gasteiger partial charge in [-0.3, -0.25) is 0 Å². The molecule has 0 fully saturated rings. The first kappa shape index (κ1) is 16.1. The van der Waals surface area contributed by atoms with Gasteiger partial charge in [0.05, 0.1) is 0 Å². The van der Waals surface area contributed by atoms with E-state index < -0.39 is 0 Å². The third-order valence-electron chi connectivity index (χ3n) is 4.10. The van der Waals surface area contributed by atoms with Crippen LogP contribution in [-0.2, 0) is 13.0 Å². The van der Waals surface area contributed by atoms with Crippen LogP contribution in [-0.4, -0.2) is 17.7 Å². The summed E-state index contributed by atoms with van der Waals surface area (Å²) in [6.45, 7) is 10.1. The molecular weight excluding hydrogens is 256 g/mol. The van der Waals surface area contributed by atoms with Crippen LogP contribution >= 0.6 is 0 Å². The highest BCUT2D eigenvalue weighted by Crippen LogP contribution is 2.23. The van der Waals surface area contributed by atoms with Gasteiger partial charge >= 0.3 is 0 Å². The molecule has 0 aliphatic heterocycles. The van der Waals surface area contributed by atoms with Crippen molar-refractivity contribution in [3.05, 3.63) is 36.0 Å². The molecule has 0 radical (unpaired) electrons. The van der Waals surface area contributed by atoms with Crippen molar-refractivity contribution in [3.8, 4) is 0 Å². The minimum absolute atomic E-state index is 0.798. The molecule has 0 bridgehead atoms. The number of hydrogen-bond donors (Lipinski definition) is 1. The Hall–Kier alpha value is -1.28. The second kappa shape index (κ2) is 8.23. The molecule has 2 heteroatoms. The van der Waals surface area contributed by atoms with E-state index >= 15 is 0 Å². The molecule has 1 aromatic carbocycles. The summed E-state index contributed by atoms with van der Waals surface area (Å²) in [6.07, 6.45) is 7.35. The van der Waals surface area contributed by atoms with E-state index in [9.17, 15) is 0 Å². The number of nitrogens with one attached hydrogen (secondary N) is 1. The topological polar surface area (TPSA) is 17.0 Å². The van der Waals surface area contributed by atoms with Gasteiger partial charge in [0.2, 0.25) is 0 Å². The van der Waals surface area contributed by atoms with Gasteiger partial charge in [-0.2, -0.15) is 0 Å². The van der Waals surface area contributed by atoms with E-state index in [2.05, 4.69) is 61.1 Å². The first-order valence-corrected chi connectivity index (χ1v) is 8.49. The molecule has 2 nitrogen and oxygen atoms in total. The smallest absolute Gasteiger partial charge is 0.0483 e. The van der Waals surface area contributed by atoms with E-state index in [1.54, 1.807) is 0 Å². The van der Waals surface area contributed by atoms with Crippen molar-refractivity contribution in [1.29, 1.82) is 0 Å². The third kappa shape index (κ3) is 4.60. The Labute approximate surface area is 129 Å². The van der Waals surface area contributed by atoms with E-state index in [0.29, 0.717) is 0 Å². The van der Waals surface area contributed by atoms with Crippen LogP contribution in [0.4, 0.5) is 0 Å². The van der Waals surface area contributed by atoms with E-state index in [4.69, 9.17) is 0 Å². The fourth-order valence-electron chi connectivity index (χ4n) is 2.96. The second-order valence-electron chi connectivity index (χ2n) is 6.36. The van der Waals surface area contributed by atoms with E-state index in [-0.39, 0.29) is 0 Å². The Balaban J connectivity index is 2.06. The highest BCUT2D eigenvalue weighted by molar-refractivity contribution is 5.83. The number of para-hydroxylation sites is 1. The Bertz CT molecular complexity index is 539. The molecule has 0 aliphatic carbocycles. The molecule has 1 N–H and O–H groups in total. The molecule has 116 valence electrons. The minimum Gasteiger partial charge on any atom is -0.347 e. The molecule has 2 aromatic rings. The van der Waals surface area contributed by atoms with E-state index in [1.807, 2.05) is 0 Å². The highest BCUT2D eigenvalue weighted by Gasteiger charge is 2.07. The maximum atomic E-state index is 3.41. The number of benzene rings is 1. The molecule has 1 aromatic heterocycles. The van der Waals surface area contributed by atoms with Gasteiger partial charge in [-0.1, -0.05) is 39.0 Å². The average molecular weight is 286 g/mol. The highest BCUT2D eigenvalue weighted by atomic mass is 15.0. The van der Waals surface area contributed by atoms with Gasteiger partial charge in [-0.05, 0) is 56.3 Å². The molecule has 0 amide bonds. The van der Waals surface area contributed by atoms with Gasteiger partial charge in [0.1, 0.15) is 0 Å². The zero-order valence-corrected chi connectivity index (χ0v) is 13.9. The molecule has 0 atom stereocenters. The van der Waals surface area contributed by atoms with Crippen molar-refractivity contribution in [1.82, 2.24) is 9.88 Å². The van der Waals surface area contributed by atoms with Crippen LogP contribution in [0.15, 0.2) is 30.5 Å². The number of hydrogen-bond acceptors (Lipinski definition) is 1. The summed E-state index contributed by atoms with van der Waals surface area (Å²) >= 11 is 0. The number of rotatable bonds is 9. The van der Waals surface area contributed by atoms with Crippen LogP contribution in [0, 0.1) is 5.92 Å². The SMILES string of the molecule is CCNCCCc1cn(CCCC(C)C)c2ccccc12. The van der Waals surface area contributed by atoms with Gasteiger partial charge in [-0.25, -0.2) is 0 Å². The quantitative estimate of drug-likeness (QED) is 0.666. The van der Waals surface area contributed by atoms with Crippen molar-refractivity contribution in [2.24, 2.45) is 5.92 Å². The molecule has 21 heavy (non-hydrogen) atoms. The van der Waals surface area contributed by atoms with Crippen molar-refractivity contribution in [2.75, 3.05) is 13.1 Å². The van der Waals surface area contributed by atoms with Crippen molar-refractivity contribution in [2.45, 2.75) is 53.0 Å². The predicted octanol–water partition coefficient (Wildman–Crippen LogP) is 4.62. The largest absolute Gasteiger partial charge is 0.347 e. The van der Waals surface area contributed by atoms with Crippen LogP contribution in [0.3, 0.4) is 0 Å². The van der Waals surface area contributed by atoms with Crippen LogP contribution in [0.1, 0.15) is 45.6 Å². The first-order chi connectivity index (χ1) is 10.2. The van der Waals surface area contributed by atoms with Gasteiger partial charge in [0, 0.05) is 23.6 Å². The molecule has 0 unspecified atom stereocenters. The Morgan fingerprint density at radius 3 is 2.71 bits per heavy atom. The van der Waals surface area contributed by atoms with Crippen LogP contribution < -0.4 is 5.32 Å². The molecular formula is C19H30N2. The summed E-state index contributed by atoms with van der Waals surface area (Å²) in [4.78, 5) is 0. The van der Waals surface area contributed by atoms with E-state index in [0.717, 1.165) is 25.6 Å². The predicted molar refractivity (Wildman–Crippen MR) is 92.9 cm³/mol. The molecule has 2 rings (SSSR count). The summed E-state index contributed by atoms with van der Waals surface area (Å²) in [5, 5.41) is 4.86. The lowest BCUT2D eigenvalue weighted by atomic mass is 10.1. The molecule has 0 saturated heterocycles. The number of fused-ring (bicyclic) bond motifs is 1. The van der Waals surface area contributed by atoms with Gasteiger partial charge in [0.15, 0.2) is 0 Å². The molecule has 0 aliphatic rings. The standard InChI is InChI=1S/C19H30N2/c1-4-20-13-7-10-17-15-21(14-8-9-16(2)3)19-12-6-5-11-18(17)19/h5-6,11-12,15-16,20H,4,7-10,13-14H2,1-3H3. The summed E-state index contributed by atoms with van der Waals surface area (Å²) in [6, 6.07) is 8.85. The first-order valence-electron chi connectivity index (χ1n) is 8.49. The summed E-state index contributed by atoms with van der Waals surface area (Å²) in [5.74, 6) is 0.798. The van der Waals surface area contributed by atoms with Crippen molar-refractivity contribution < 1.29 is 0 Å². The lowest BCUT2D eigenvalue weighted by Crippen LogP contribution is -2.14. The Morgan fingerprint density at radius 1 is 1.14 bits per heavy atom. The summed E-state index contributed by atoms with van der Waals surface area (Å²) < 4.78 is 2.46. The van der Waals surface area contributed by atoms with Gasteiger partial charge in [-0.15, -0.1) is 0 Å². The average Bonchev–Trinajstić information content (AvgIpc) is 2.82. The van der Waals surface area contributed by atoms with Crippen LogP contribution in [0.2, 0.25) is 0 Å². The van der Waals surface area contributed by atoms with Crippen molar-refractivity contribution >= 4 is 10.9 Å².